The van der Waals surface area contributed by atoms with Crippen LogP contribution in [0.15, 0.2) is 0 Å². The van der Waals surface area contributed by atoms with Crippen LogP contribution in [0.1, 0.15) is 40.0 Å². The Bertz CT molecular complexity index is 372. The molecule has 1 rings (SSSR count). The van der Waals surface area contributed by atoms with Crippen LogP contribution in [-0.2, 0) is 4.79 Å². The van der Waals surface area contributed by atoms with Crippen molar-refractivity contribution in [2.75, 3.05) is 19.6 Å². The summed E-state index contributed by atoms with van der Waals surface area (Å²) in [7, 11) is 0. The van der Waals surface area contributed by atoms with Gasteiger partial charge in [0.05, 0.1) is 12.6 Å². The molecule has 2 amide bonds. The van der Waals surface area contributed by atoms with Gasteiger partial charge in [-0.25, -0.2) is 4.79 Å². The van der Waals surface area contributed by atoms with Gasteiger partial charge in [-0.2, -0.15) is 0 Å². The van der Waals surface area contributed by atoms with Crippen LogP contribution in [0, 0.1) is 5.92 Å². The highest BCUT2D eigenvalue weighted by Crippen LogP contribution is 2.25. The third-order valence-corrected chi connectivity index (χ3v) is 4.48. The van der Waals surface area contributed by atoms with E-state index in [-0.39, 0.29) is 37.1 Å². The van der Waals surface area contributed by atoms with Crippen molar-refractivity contribution in [3.05, 3.63) is 0 Å². The highest BCUT2D eigenvalue weighted by atomic mass is 16.4. The lowest BCUT2D eigenvalue weighted by Crippen LogP contribution is -2.56. The number of rotatable bonds is 9. The molecule has 0 spiro atoms. The van der Waals surface area contributed by atoms with Gasteiger partial charge in [0, 0.05) is 18.6 Å². The molecule has 4 N–H and O–H groups in total. The summed E-state index contributed by atoms with van der Waals surface area (Å²) in [5.41, 5.74) is 0. The minimum absolute atomic E-state index is 0.0428. The maximum Gasteiger partial charge on any atom is 0.317 e. The lowest BCUT2D eigenvalue weighted by molar-refractivity contribution is -0.139. The van der Waals surface area contributed by atoms with Gasteiger partial charge in [-0.05, 0) is 25.3 Å². The number of carbonyl (C=O) groups excluding carboxylic acids is 1. The molecule has 7 heteroatoms. The van der Waals surface area contributed by atoms with E-state index in [0.29, 0.717) is 6.54 Å². The van der Waals surface area contributed by atoms with Crippen molar-refractivity contribution in [3.8, 4) is 0 Å². The Morgan fingerprint density at radius 3 is 2.45 bits per heavy atom. The number of hydrogen-bond donors (Lipinski definition) is 4. The quantitative estimate of drug-likeness (QED) is 0.500. The van der Waals surface area contributed by atoms with E-state index in [1.54, 1.807) is 0 Å². The van der Waals surface area contributed by atoms with Crippen molar-refractivity contribution in [2.24, 2.45) is 5.92 Å². The fraction of sp³-hybridized carbons (Fsp3) is 0.867. The summed E-state index contributed by atoms with van der Waals surface area (Å²) >= 11 is 0. The van der Waals surface area contributed by atoms with Gasteiger partial charge in [-0.15, -0.1) is 0 Å². The summed E-state index contributed by atoms with van der Waals surface area (Å²) < 4.78 is 0. The van der Waals surface area contributed by atoms with E-state index < -0.39 is 12.1 Å². The molecule has 2 atom stereocenters. The van der Waals surface area contributed by atoms with Gasteiger partial charge in [0.15, 0.2) is 0 Å². The zero-order valence-corrected chi connectivity index (χ0v) is 13.7. The molecule has 0 aromatic heterocycles. The molecule has 0 radical (unpaired) electrons. The topological polar surface area (TPSA) is 102 Å². The predicted molar refractivity (Wildman–Crippen MR) is 83.7 cm³/mol. The molecule has 1 saturated carbocycles. The summed E-state index contributed by atoms with van der Waals surface area (Å²) in [4.78, 5) is 24.4. The van der Waals surface area contributed by atoms with Crippen molar-refractivity contribution in [1.82, 2.24) is 15.5 Å². The molecule has 0 saturated heterocycles. The van der Waals surface area contributed by atoms with Gasteiger partial charge in [0.25, 0.3) is 0 Å². The lowest BCUT2D eigenvalue weighted by Gasteiger charge is -2.42. The number of likely N-dealkylation sites (N-methyl/N-ethyl adjacent to an activating group) is 1. The van der Waals surface area contributed by atoms with Gasteiger partial charge < -0.3 is 20.8 Å². The molecular formula is C15H29N3O4. The monoisotopic (exact) mass is 315 g/mol. The van der Waals surface area contributed by atoms with E-state index in [1.807, 2.05) is 25.7 Å². The van der Waals surface area contributed by atoms with Crippen molar-refractivity contribution < 1.29 is 19.8 Å². The SMILES string of the molecule is CCC(C)C(O)CNC(=O)NC1CC(N(CC)CC(=O)O)C1. The summed E-state index contributed by atoms with van der Waals surface area (Å²) in [6.07, 6.45) is 1.87. The Labute approximate surface area is 132 Å². The second kappa shape index (κ2) is 8.95. The molecular weight excluding hydrogens is 286 g/mol. The minimum atomic E-state index is -0.824. The first-order valence-corrected chi connectivity index (χ1v) is 8.05. The molecule has 128 valence electrons. The van der Waals surface area contributed by atoms with Crippen LogP contribution < -0.4 is 10.6 Å². The maximum absolute atomic E-state index is 11.7. The molecule has 7 nitrogen and oxygen atoms in total. The van der Waals surface area contributed by atoms with Crippen LogP contribution in [0.5, 0.6) is 0 Å². The number of aliphatic hydroxyl groups excluding tert-OH is 1. The first-order chi connectivity index (χ1) is 10.4. The van der Waals surface area contributed by atoms with Crippen molar-refractivity contribution in [3.63, 3.8) is 0 Å². The number of carboxylic acids is 1. The van der Waals surface area contributed by atoms with E-state index >= 15 is 0 Å². The van der Waals surface area contributed by atoms with Crippen LogP contribution in [0.4, 0.5) is 4.79 Å². The molecule has 1 aliphatic rings. The fourth-order valence-corrected chi connectivity index (χ4v) is 2.58. The summed E-state index contributed by atoms with van der Waals surface area (Å²) in [5.74, 6) is -0.669. The smallest absolute Gasteiger partial charge is 0.317 e. The standard InChI is InChI=1S/C15H29N3O4/c1-4-10(3)13(19)8-16-15(22)17-11-6-12(7-11)18(5-2)9-14(20)21/h10-13,19H,4-9H2,1-3H3,(H,20,21)(H2,16,17,22). The summed E-state index contributed by atoms with van der Waals surface area (Å²) in [6, 6.07) is 0.0257. The van der Waals surface area contributed by atoms with Crippen molar-refractivity contribution in [1.29, 1.82) is 0 Å². The van der Waals surface area contributed by atoms with E-state index in [4.69, 9.17) is 5.11 Å². The number of aliphatic hydroxyl groups is 1. The fourth-order valence-electron chi connectivity index (χ4n) is 2.58. The van der Waals surface area contributed by atoms with Gasteiger partial charge in [0.1, 0.15) is 0 Å². The number of amides is 2. The minimum Gasteiger partial charge on any atom is -0.480 e. The molecule has 22 heavy (non-hydrogen) atoms. The molecule has 2 unspecified atom stereocenters. The van der Waals surface area contributed by atoms with Crippen molar-refractivity contribution in [2.45, 2.75) is 58.2 Å². The Morgan fingerprint density at radius 2 is 1.95 bits per heavy atom. The van der Waals surface area contributed by atoms with E-state index in [1.165, 1.54) is 0 Å². The average molecular weight is 315 g/mol. The number of nitrogens with one attached hydrogen (secondary N) is 2. The maximum atomic E-state index is 11.7. The second-order valence-corrected chi connectivity index (χ2v) is 6.09. The highest BCUT2D eigenvalue weighted by molar-refractivity contribution is 5.74. The largest absolute Gasteiger partial charge is 0.480 e. The molecule has 0 heterocycles. The Morgan fingerprint density at radius 1 is 1.32 bits per heavy atom. The Balaban J connectivity index is 2.22. The average Bonchev–Trinajstić information content (AvgIpc) is 2.44. The molecule has 0 aromatic rings. The molecule has 0 bridgehead atoms. The number of hydrogen-bond acceptors (Lipinski definition) is 4. The van der Waals surface area contributed by atoms with Crippen LogP contribution in [0.25, 0.3) is 0 Å². The number of carbonyl (C=O) groups is 2. The summed E-state index contributed by atoms with van der Waals surface area (Å²) in [5, 5.41) is 24.2. The third kappa shape index (κ3) is 5.81. The number of carboxylic acid groups (broad SMARTS) is 1. The number of nitrogens with zero attached hydrogens (tertiary/aromatic N) is 1. The Hall–Kier alpha value is -1.34. The molecule has 1 aliphatic carbocycles. The first kappa shape index (κ1) is 18.7. The lowest BCUT2D eigenvalue weighted by atomic mass is 9.85. The van der Waals surface area contributed by atoms with Crippen LogP contribution in [0.2, 0.25) is 0 Å². The number of urea groups is 1. The predicted octanol–water partition coefficient (Wildman–Crippen LogP) is 0.630. The van der Waals surface area contributed by atoms with Gasteiger partial charge in [-0.3, -0.25) is 9.69 Å². The van der Waals surface area contributed by atoms with Crippen LogP contribution in [-0.4, -0.2) is 64.9 Å². The molecule has 0 aliphatic heterocycles. The first-order valence-electron chi connectivity index (χ1n) is 8.05. The highest BCUT2D eigenvalue weighted by Gasteiger charge is 2.34. The van der Waals surface area contributed by atoms with E-state index in [0.717, 1.165) is 19.3 Å². The van der Waals surface area contributed by atoms with Gasteiger partial charge in [-0.1, -0.05) is 27.2 Å². The number of aliphatic carboxylic acids is 1. The zero-order valence-electron chi connectivity index (χ0n) is 13.7. The van der Waals surface area contributed by atoms with Gasteiger partial charge >= 0.3 is 12.0 Å². The third-order valence-electron chi connectivity index (χ3n) is 4.48. The van der Waals surface area contributed by atoms with Crippen LogP contribution in [0.3, 0.4) is 0 Å². The normalized spacial score (nSPS) is 23.5. The second-order valence-electron chi connectivity index (χ2n) is 6.09. The summed E-state index contributed by atoms with van der Waals surface area (Å²) in [6.45, 7) is 6.86. The zero-order chi connectivity index (χ0) is 16.7. The molecule has 0 aromatic carbocycles. The van der Waals surface area contributed by atoms with Crippen LogP contribution >= 0.6 is 0 Å². The Kier molecular flexibility index (Phi) is 7.61. The van der Waals surface area contributed by atoms with E-state index in [2.05, 4.69) is 10.6 Å². The van der Waals surface area contributed by atoms with Gasteiger partial charge in [0.2, 0.25) is 0 Å². The van der Waals surface area contributed by atoms with E-state index in [9.17, 15) is 14.7 Å². The van der Waals surface area contributed by atoms with Crippen molar-refractivity contribution >= 4 is 12.0 Å². The molecule has 1 fully saturated rings.